The Hall–Kier alpha value is -1.03. The zero-order valence-electron chi connectivity index (χ0n) is 10.1. The predicted octanol–water partition coefficient (Wildman–Crippen LogP) is 1.22. The zero-order chi connectivity index (χ0) is 14.2. The molecule has 0 radical (unpaired) electrons. The molecule has 2 rings (SSSR count). The Balaban J connectivity index is 2.29. The summed E-state index contributed by atoms with van der Waals surface area (Å²) in [4.78, 5) is 32.5. The molecule has 2 N–H and O–H groups in total. The third-order valence-electron chi connectivity index (χ3n) is 2.99. The first-order chi connectivity index (χ1) is 8.90. The van der Waals surface area contributed by atoms with E-state index in [0.717, 1.165) is 0 Å². The summed E-state index contributed by atoms with van der Waals surface area (Å²) in [5, 5.41) is 9.00. The van der Waals surface area contributed by atoms with Crippen molar-refractivity contribution in [3.05, 3.63) is 19.2 Å². The number of carboxylic acid groups (broad SMARTS) is 1. The number of nitrogens with zero attached hydrogens (tertiary/aromatic N) is 3. The van der Waals surface area contributed by atoms with Gasteiger partial charge in [-0.3, -0.25) is 4.79 Å². The van der Waals surface area contributed by atoms with E-state index in [1.165, 1.54) is 4.90 Å². The normalized spacial score (nSPS) is 19.6. The van der Waals surface area contributed by atoms with Gasteiger partial charge < -0.3 is 19.9 Å². The Morgan fingerprint density at radius 1 is 1.58 bits per heavy atom. The van der Waals surface area contributed by atoms with Crippen molar-refractivity contribution in [2.75, 3.05) is 24.5 Å². The minimum absolute atomic E-state index is 0.0380. The minimum atomic E-state index is -0.939. The molecular formula is C10H12ClIN4O3. The van der Waals surface area contributed by atoms with Crippen molar-refractivity contribution >= 4 is 46.1 Å². The van der Waals surface area contributed by atoms with E-state index in [1.807, 2.05) is 34.4 Å². The molecule has 0 bridgehead atoms. The molecule has 7 nitrogen and oxygen atoms in total. The van der Waals surface area contributed by atoms with Crippen LogP contribution in [0.5, 0.6) is 0 Å². The number of piperazine rings is 1. The van der Waals surface area contributed by atoms with Gasteiger partial charge in [0.2, 0.25) is 0 Å². The number of halogens is 2. The highest BCUT2D eigenvalue weighted by atomic mass is 127. The van der Waals surface area contributed by atoms with E-state index in [-0.39, 0.29) is 16.6 Å². The first-order valence-electron chi connectivity index (χ1n) is 5.60. The largest absolute Gasteiger partial charge is 0.465 e. The first-order valence-corrected chi connectivity index (χ1v) is 7.05. The van der Waals surface area contributed by atoms with Gasteiger partial charge in [0.05, 0.1) is 0 Å². The third-order valence-corrected chi connectivity index (χ3v) is 3.84. The molecule has 0 saturated carbocycles. The summed E-state index contributed by atoms with van der Waals surface area (Å²) in [5.74, 6) is 0.410. The lowest BCUT2D eigenvalue weighted by Crippen LogP contribution is -2.54. The van der Waals surface area contributed by atoms with Crippen LogP contribution < -0.4 is 10.5 Å². The number of anilines is 1. The number of carbonyl (C=O) groups is 1. The van der Waals surface area contributed by atoms with Crippen LogP contribution in [0.1, 0.15) is 6.92 Å². The minimum Gasteiger partial charge on any atom is -0.465 e. The smallest absolute Gasteiger partial charge is 0.407 e. The Morgan fingerprint density at radius 3 is 2.84 bits per heavy atom. The van der Waals surface area contributed by atoms with Crippen LogP contribution in [-0.2, 0) is 0 Å². The lowest BCUT2D eigenvalue weighted by molar-refractivity contribution is 0.136. The van der Waals surface area contributed by atoms with Crippen LogP contribution in [0.3, 0.4) is 0 Å². The van der Waals surface area contributed by atoms with Crippen molar-refractivity contribution in [3.63, 3.8) is 0 Å². The molecule has 0 spiro atoms. The summed E-state index contributed by atoms with van der Waals surface area (Å²) in [6.45, 7) is 3.05. The zero-order valence-corrected chi connectivity index (χ0v) is 13.0. The number of aromatic amines is 1. The Kier molecular flexibility index (Phi) is 4.19. The Bertz CT molecular complexity index is 564. The fourth-order valence-electron chi connectivity index (χ4n) is 2.06. The number of amides is 1. The summed E-state index contributed by atoms with van der Waals surface area (Å²) in [5.41, 5.74) is -0.385. The first kappa shape index (κ1) is 14.4. The maximum Gasteiger partial charge on any atom is 0.407 e. The molecule has 1 saturated heterocycles. The predicted molar refractivity (Wildman–Crippen MR) is 79.0 cm³/mol. The molecule has 1 aliphatic rings. The fourth-order valence-corrected chi connectivity index (χ4v) is 2.73. The van der Waals surface area contributed by atoms with Gasteiger partial charge in [-0.2, -0.15) is 0 Å². The molecule has 1 aromatic heterocycles. The number of nitrogens with one attached hydrogen (secondary N) is 1. The molecule has 1 atom stereocenters. The van der Waals surface area contributed by atoms with E-state index >= 15 is 0 Å². The topological polar surface area (TPSA) is 89.5 Å². The highest BCUT2D eigenvalue weighted by Gasteiger charge is 2.29. The van der Waals surface area contributed by atoms with E-state index in [1.54, 1.807) is 0 Å². The van der Waals surface area contributed by atoms with Gasteiger partial charge in [-0.15, -0.1) is 0 Å². The molecule has 9 heteroatoms. The van der Waals surface area contributed by atoms with E-state index in [2.05, 4.69) is 9.97 Å². The van der Waals surface area contributed by atoms with Crippen molar-refractivity contribution < 1.29 is 9.90 Å². The van der Waals surface area contributed by atoms with Crippen LogP contribution in [0.25, 0.3) is 0 Å². The van der Waals surface area contributed by atoms with E-state index in [0.29, 0.717) is 29.3 Å². The van der Waals surface area contributed by atoms with Gasteiger partial charge in [0.1, 0.15) is 5.02 Å². The van der Waals surface area contributed by atoms with Gasteiger partial charge in [-0.25, -0.2) is 9.78 Å². The van der Waals surface area contributed by atoms with Crippen molar-refractivity contribution in [3.8, 4) is 0 Å². The van der Waals surface area contributed by atoms with E-state index < -0.39 is 6.09 Å². The van der Waals surface area contributed by atoms with Gasteiger partial charge in [-0.05, 0) is 29.5 Å². The summed E-state index contributed by atoms with van der Waals surface area (Å²) in [7, 11) is 0. The highest BCUT2D eigenvalue weighted by molar-refractivity contribution is 14.1. The summed E-state index contributed by atoms with van der Waals surface area (Å²) in [6.07, 6.45) is -0.939. The molecule has 0 aromatic carbocycles. The van der Waals surface area contributed by atoms with Gasteiger partial charge >= 0.3 is 6.09 Å². The maximum atomic E-state index is 11.6. The molecule has 1 amide bonds. The molecule has 104 valence electrons. The van der Waals surface area contributed by atoms with Crippen LogP contribution in [0, 0.1) is 3.83 Å². The van der Waals surface area contributed by atoms with Crippen LogP contribution in [0.15, 0.2) is 4.79 Å². The quantitative estimate of drug-likeness (QED) is 0.548. The SMILES string of the molecule is C[C@@H]1CN(C(=O)O)CCN1c1nc(I)[nH]c(=O)c1Cl. The van der Waals surface area contributed by atoms with E-state index in [4.69, 9.17) is 16.7 Å². The Morgan fingerprint density at radius 2 is 2.26 bits per heavy atom. The summed E-state index contributed by atoms with van der Waals surface area (Å²) in [6, 6.07) is -0.0903. The lowest BCUT2D eigenvalue weighted by atomic mass is 10.2. The van der Waals surface area contributed by atoms with Gasteiger partial charge in [0.15, 0.2) is 9.65 Å². The van der Waals surface area contributed by atoms with Crippen molar-refractivity contribution in [1.82, 2.24) is 14.9 Å². The second kappa shape index (κ2) is 5.53. The second-order valence-electron chi connectivity index (χ2n) is 4.27. The van der Waals surface area contributed by atoms with Crippen LogP contribution in [-0.4, -0.2) is 51.7 Å². The van der Waals surface area contributed by atoms with Crippen molar-refractivity contribution in [1.29, 1.82) is 0 Å². The molecular weight excluding hydrogens is 386 g/mol. The highest BCUT2D eigenvalue weighted by Crippen LogP contribution is 2.24. The number of rotatable bonds is 1. The van der Waals surface area contributed by atoms with Gasteiger partial charge in [0, 0.05) is 25.7 Å². The monoisotopic (exact) mass is 398 g/mol. The lowest BCUT2D eigenvalue weighted by Gasteiger charge is -2.39. The van der Waals surface area contributed by atoms with Crippen LogP contribution in [0.2, 0.25) is 5.02 Å². The summed E-state index contributed by atoms with van der Waals surface area (Å²) < 4.78 is 0.454. The van der Waals surface area contributed by atoms with Gasteiger partial charge in [0.25, 0.3) is 5.56 Å². The molecule has 1 fully saturated rings. The molecule has 2 heterocycles. The maximum absolute atomic E-state index is 11.6. The summed E-state index contributed by atoms with van der Waals surface area (Å²) >= 11 is 7.89. The molecule has 1 aliphatic heterocycles. The van der Waals surface area contributed by atoms with Crippen LogP contribution >= 0.6 is 34.2 Å². The van der Waals surface area contributed by atoms with Crippen molar-refractivity contribution in [2.45, 2.75) is 13.0 Å². The Labute approximate surface area is 127 Å². The average molecular weight is 399 g/mol. The van der Waals surface area contributed by atoms with E-state index in [9.17, 15) is 9.59 Å². The molecule has 1 aromatic rings. The van der Waals surface area contributed by atoms with Crippen LogP contribution in [0.4, 0.5) is 10.6 Å². The fraction of sp³-hybridized carbons (Fsp3) is 0.500. The van der Waals surface area contributed by atoms with Gasteiger partial charge in [-0.1, -0.05) is 11.6 Å². The molecule has 19 heavy (non-hydrogen) atoms. The number of hydrogen-bond acceptors (Lipinski definition) is 4. The number of hydrogen-bond donors (Lipinski definition) is 2. The molecule has 0 aliphatic carbocycles. The third kappa shape index (κ3) is 2.94. The molecule has 0 unspecified atom stereocenters. The average Bonchev–Trinajstić information content (AvgIpc) is 2.33. The number of aromatic nitrogens is 2. The standard InChI is InChI=1S/C10H12ClIN4O3/c1-5-4-15(10(18)19)2-3-16(5)7-6(11)8(17)14-9(12)13-7/h5H,2-4H2,1H3,(H,18,19)(H,13,14,17)/t5-/m1/s1. The number of H-pyrrole nitrogens is 1. The second-order valence-corrected chi connectivity index (χ2v) is 5.67. The van der Waals surface area contributed by atoms with Crippen molar-refractivity contribution in [2.24, 2.45) is 0 Å².